The van der Waals surface area contributed by atoms with Gasteiger partial charge in [0, 0.05) is 18.0 Å². The van der Waals surface area contributed by atoms with Crippen LogP contribution in [0.5, 0.6) is 17.2 Å². The van der Waals surface area contributed by atoms with Crippen LogP contribution >= 0.6 is 0 Å². The van der Waals surface area contributed by atoms with Crippen molar-refractivity contribution in [1.29, 1.82) is 0 Å². The van der Waals surface area contributed by atoms with Crippen LogP contribution in [0.3, 0.4) is 0 Å². The summed E-state index contributed by atoms with van der Waals surface area (Å²) in [5.41, 5.74) is 0.884. The predicted molar refractivity (Wildman–Crippen MR) is 122 cm³/mol. The van der Waals surface area contributed by atoms with Gasteiger partial charge in [0.25, 0.3) is 0 Å². The molecule has 0 aliphatic carbocycles. The van der Waals surface area contributed by atoms with Gasteiger partial charge in [-0.2, -0.15) is 4.98 Å². The number of nitrogens with one attached hydrogen (secondary N) is 2. The highest BCUT2D eigenvalue weighted by molar-refractivity contribution is 7.89. The summed E-state index contributed by atoms with van der Waals surface area (Å²) in [6.45, 7) is 3.69. The molecule has 1 heterocycles. The average molecular weight is 458 g/mol. The van der Waals surface area contributed by atoms with Gasteiger partial charge in [-0.25, -0.2) is 18.5 Å². The first-order valence-corrected chi connectivity index (χ1v) is 10.9. The molecule has 0 bridgehead atoms. The number of nitrogens with zero attached hydrogens (tertiary/aromatic N) is 2. The number of nitrogens with two attached hydrogens (primary N) is 1. The van der Waals surface area contributed by atoms with Gasteiger partial charge in [-0.1, -0.05) is 18.7 Å². The quantitative estimate of drug-likeness (QED) is 0.392. The molecule has 1 aromatic heterocycles. The lowest BCUT2D eigenvalue weighted by Crippen LogP contribution is -2.16. The topological polar surface area (TPSA) is 138 Å². The number of primary sulfonamides is 1. The van der Waals surface area contributed by atoms with E-state index in [2.05, 4.69) is 27.2 Å². The molecule has 0 aliphatic rings. The third-order valence-electron chi connectivity index (χ3n) is 4.18. The van der Waals surface area contributed by atoms with Crippen molar-refractivity contribution in [2.45, 2.75) is 4.90 Å². The SMILES string of the molecule is C=CCOc1cccc(Nc2ccnc(Nc3ccc(OC)c(OC)c3)n2)c1S(N)(=O)=O. The summed E-state index contributed by atoms with van der Waals surface area (Å²) in [6.07, 6.45) is 3.02. The molecule has 10 nitrogen and oxygen atoms in total. The monoisotopic (exact) mass is 457 g/mol. The lowest BCUT2D eigenvalue weighted by atomic mass is 10.3. The molecule has 0 saturated heterocycles. The first-order chi connectivity index (χ1) is 15.4. The molecule has 168 valence electrons. The van der Waals surface area contributed by atoms with Crippen molar-refractivity contribution in [3.8, 4) is 17.2 Å². The van der Waals surface area contributed by atoms with Gasteiger partial charge < -0.3 is 24.8 Å². The van der Waals surface area contributed by atoms with Crippen LogP contribution in [-0.2, 0) is 10.0 Å². The molecular weight excluding hydrogens is 434 g/mol. The maximum absolute atomic E-state index is 12.2. The van der Waals surface area contributed by atoms with Crippen LogP contribution in [0.1, 0.15) is 0 Å². The van der Waals surface area contributed by atoms with Crippen molar-refractivity contribution in [2.24, 2.45) is 5.14 Å². The second-order valence-corrected chi connectivity index (χ2v) is 7.86. The number of rotatable bonds is 10. The molecular formula is C21H23N5O5S. The minimum atomic E-state index is -4.09. The number of benzene rings is 2. The van der Waals surface area contributed by atoms with Gasteiger partial charge in [0.1, 0.15) is 23.1 Å². The standard InChI is InChI=1S/C21H23N5O5S/c1-4-12-31-17-7-5-6-15(20(17)32(22,27)28)25-19-10-11-23-21(26-19)24-14-8-9-16(29-2)18(13-14)30-3/h4-11,13H,1,12H2,2-3H3,(H2,22,27,28)(H2,23,24,25,26). The van der Waals surface area contributed by atoms with Gasteiger partial charge in [-0.3, -0.25) is 0 Å². The minimum Gasteiger partial charge on any atom is -0.493 e. The second kappa shape index (κ2) is 9.98. The Bertz CT molecular complexity index is 1220. The van der Waals surface area contributed by atoms with Gasteiger partial charge in [-0.05, 0) is 30.3 Å². The Balaban J connectivity index is 1.89. The normalized spacial score (nSPS) is 10.8. The van der Waals surface area contributed by atoms with Gasteiger partial charge in [0.05, 0.1) is 19.9 Å². The van der Waals surface area contributed by atoms with E-state index in [-0.39, 0.29) is 28.9 Å². The highest BCUT2D eigenvalue weighted by Crippen LogP contribution is 2.33. The van der Waals surface area contributed by atoms with E-state index < -0.39 is 10.0 Å². The molecule has 3 aromatic rings. The number of hydrogen-bond donors (Lipinski definition) is 3. The fourth-order valence-corrected chi connectivity index (χ4v) is 3.67. The van der Waals surface area contributed by atoms with E-state index in [1.54, 1.807) is 50.6 Å². The van der Waals surface area contributed by atoms with Crippen LogP contribution in [0, 0.1) is 0 Å². The molecule has 0 fully saturated rings. The summed E-state index contributed by atoms with van der Waals surface area (Å²) in [7, 11) is -1.00. The van der Waals surface area contributed by atoms with Crippen LogP contribution < -0.4 is 30.0 Å². The van der Waals surface area contributed by atoms with Crippen molar-refractivity contribution < 1.29 is 22.6 Å². The molecule has 3 rings (SSSR count). The van der Waals surface area contributed by atoms with Gasteiger partial charge in [0.15, 0.2) is 11.5 Å². The third-order valence-corrected chi connectivity index (χ3v) is 5.17. The van der Waals surface area contributed by atoms with Gasteiger partial charge in [0.2, 0.25) is 16.0 Å². The van der Waals surface area contributed by atoms with Crippen LogP contribution in [0.4, 0.5) is 23.1 Å². The maximum atomic E-state index is 12.2. The predicted octanol–water partition coefficient (Wildman–Crippen LogP) is 3.19. The summed E-state index contributed by atoms with van der Waals surface area (Å²) in [5.74, 6) is 1.85. The van der Waals surface area contributed by atoms with Crippen molar-refractivity contribution in [2.75, 3.05) is 31.5 Å². The zero-order valence-corrected chi connectivity index (χ0v) is 18.3. The third kappa shape index (κ3) is 5.45. The Labute approximate surface area is 186 Å². The number of methoxy groups -OCH3 is 2. The van der Waals surface area contributed by atoms with Gasteiger partial charge in [-0.15, -0.1) is 0 Å². The zero-order chi connectivity index (χ0) is 23.1. The van der Waals surface area contributed by atoms with Crippen LogP contribution in [0.15, 0.2) is 66.2 Å². The summed E-state index contributed by atoms with van der Waals surface area (Å²) in [5, 5.41) is 11.5. The summed E-state index contributed by atoms with van der Waals surface area (Å²) >= 11 is 0. The van der Waals surface area contributed by atoms with Crippen molar-refractivity contribution in [3.63, 3.8) is 0 Å². The molecule has 0 atom stereocenters. The molecule has 4 N–H and O–H groups in total. The highest BCUT2D eigenvalue weighted by Gasteiger charge is 2.21. The number of ether oxygens (including phenoxy) is 3. The fourth-order valence-electron chi connectivity index (χ4n) is 2.84. The summed E-state index contributed by atoms with van der Waals surface area (Å²) in [6, 6.07) is 11.6. The maximum Gasteiger partial charge on any atom is 0.243 e. The first kappa shape index (κ1) is 22.8. The fraction of sp³-hybridized carbons (Fsp3) is 0.143. The van der Waals surface area contributed by atoms with Crippen molar-refractivity contribution in [1.82, 2.24) is 9.97 Å². The Hall–Kier alpha value is -3.83. The smallest absolute Gasteiger partial charge is 0.243 e. The average Bonchev–Trinajstić information content (AvgIpc) is 2.77. The summed E-state index contributed by atoms with van der Waals surface area (Å²) < 4.78 is 40.4. The lowest BCUT2D eigenvalue weighted by molar-refractivity contribution is 0.354. The first-order valence-electron chi connectivity index (χ1n) is 9.34. The van der Waals surface area contributed by atoms with E-state index in [1.165, 1.54) is 18.3 Å². The molecule has 32 heavy (non-hydrogen) atoms. The largest absolute Gasteiger partial charge is 0.493 e. The molecule has 0 aliphatic heterocycles. The molecule has 0 saturated carbocycles. The Morgan fingerprint density at radius 1 is 1.06 bits per heavy atom. The molecule has 0 radical (unpaired) electrons. The van der Waals surface area contributed by atoms with E-state index >= 15 is 0 Å². The van der Waals surface area contributed by atoms with Crippen molar-refractivity contribution >= 4 is 33.2 Å². The van der Waals surface area contributed by atoms with E-state index in [0.29, 0.717) is 23.0 Å². The highest BCUT2D eigenvalue weighted by atomic mass is 32.2. The second-order valence-electron chi connectivity index (χ2n) is 6.36. The lowest BCUT2D eigenvalue weighted by Gasteiger charge is -2.15. The number of hydrogen-bond acceptors (Lipinski definition) is 9. The molecule has 2 aromatic carbocycles. The van der Waals surface area contributed by atoms with Crippen LogP contribution in [-0.4, -0.2) is 39.2 Å². The van der Waals surface area contributed by atoms with E-state index in [1.807, 2.05) is 0 Å². The van der Waals surface area contributed by atoms with E-state index in [0.717, 1.165) is 0 Å². The van der Waals surface area contributed by atoms with Crippen LogP contribution in [0.25, 0.3) is 0 Å². The van der Waals surface area contributed by atoms with E-state index in [4.69, 9.17) is 19.3 Å². The number of sulfonamides is 1. The molecule has 11 heteroatoms. The van der Waals surface area contributed by atoms with Gasteiger partial charge >= 0.3 is 0 Å². The number of anilines is 4. The summed E-state index contributed by atoms with van der Waals surface area (Å²) in [4.78, 5) is 8.38. The van der Waals surface area contributed by atoms with Crippen LogP contribution in [0.2, 0.25) is 0 Å². The van der Waals surface area contributed by atoms with E-state index in [9.17, 15) is 8.42 Å². The Morgan fingerprint density at radius 2 is 1.84 bits per heavy atom. The minimum absolute atomic E-state index is 0.107. The Kier molecular flexibility index (Phi) is 7.13. The molecule has 0 amide bonds. The zero-order valence-electron chi connectivity index (χ0n) is 17.5. The number of aromatic nitrogens is 2. The molecule has 0 unspecified atom stereocenters. The molecule has 0 spiro atoms. The van der Waals surface area contributed by atoms with Crippen molar-refractivity contribution in [3.05, 3.63) is 61.3 Å². The Morgan fingerprint density at radius 3 is 2.53 bits per heavy atom.